The van der Waals surface area contributed by atoms with Crippen LogP contribution in [0.2, 0.25) is 0 Å². The number of methoxy groups -OCH3 is 1. The molecule has 4 rings (SSSR count). The maximum atomic E-state index is 13.3. The minimum absolute atomic E-state index is 0.00987. The Labute approximate surface area is 219 Å². The number of hydrogen-bond donors (Lipinski definition) is 2. The van der Waals surface area contributed by atoms with Crippen molar-refractivity contribution in [3.63, 3.8) is 0 Å². The number of fused-ring (bicyclic) bond motifs is 1. The summed E-state index contributed by atoms with van der Waals surface area (Å²) in [6.07, 6.45) is 5.46. The summed E-state index contributed by atoms with van der Waals surface area (Å²) in [7, 11) is 1.80. The van der Waals surface area contributed by atoms with Crippen LogP contribution >= 0.6 is 0 Å². The third kappa shape index (κ3) is 5.74. The van der Waals surface area contributed by atoms with Crippen molar-refractivity contribution in [3.05, 3.63) is 59.2 Å². The number of benzene rings is 2. The molecule has 8 nitrogen and oxygen atoms in total. The molecular weight excluding hydrogens is 489 g/mol. The topological polar surface area (TPSA) is 105 Å². The second-order valence-electron chi connectivity index (χ2n) is 10.2. The molecule has 2 aromatic carbocycles. The monoisotopic (exact) mass is 523 g/mol. The molecule has 0 atom stereocenters. The van der Waals surface area contributed by atoms with Gasteiger partial charge in [-0.05, 0) is 12.8 Å². The zero-order chi connectivity index (χ0) is 26.8. The molecule has 196 valence electrons. The molecule has 0 saturated heterocycles. The second-order valence-corrected chi connectivity index (χ2v) is 11.9. The molecule has 1 heterocycles. The molecule has 2 aliphatic rings. The van der Waals surface area contributed by atoms with Gasteiger partial charge in [0.1, 0.15) is 0 Å². The minimum atomic E-state index is -3.99. The summed E-state index contributed by atoms with van der Waals surface area (Å²) in [4.78, 5) is 27.2. The predicted molar refractivity (Wildman–Crippen MR) is 145 cm³/mol. The number of urea groups is 1. The number of ether oxygens (including phenoxy) is 1. The van der Waals surface area contributed by atoms with Gasteiger partial charge in [-0.1, -0.05) is 19.3 Å². The van der Waals surface area contributed by atoms with Crippen LogP contribution in [-0.4, -0.2) is 58.0 Å². The Morgan fingerprint density at radius 2 is 1.78 bits per heavy atom. The summed E-state index contributed by atoms with van der Waals surface area (Å²) >= 11 is 0. The summed E-state index contributed by atoms with van der Waals surface area (Å²) in [5, 5.41) is 2.76. The SMILES string of the molecule is B=C1N(CCc2ccc(S(=O)(=O)NC(=O)NC3CCCCC3)cc2)C(=O)c2cc(OC)ccc2C1(C)C. The Balaban J connectivity index is 1.41. The van der Waals surface area contributed by atoms with Gasteiger partial charge in [-0.15, -0.1) is 0 Å². The van der Waals surface area contributed by atoms with Gasteiger partial charge in [0, 0.05) is 6.04 Å². The van der Waals surface area contributed by atoms with Crippen LogP contribution in [0.25, 0.3) is 0 Å². The number of amides is 3. The maximum absolute atomic E-state index is 13.3. The van der Waals surface area contributed by atoms with Crippen LogP contribution in [0.15, 0.2) is 47.4 Å². The van der Waals surface area contributed by atoms with E-state index in [0.717, 1.165) is 43.2 Å². The molecule has 0 radical (unpaired) electrons. The molecule has 1 aliphatic carbocycles. The summed E-state index contributed by atoms with van der Waals surface area (Å²) < 4.78 is 32.8. The molecule has 0 unspecified atom stereocenters. The van der Waals surface area contributed by atoms with Crippen molar-refractivity contribution in [1.82, 2.24) is 14.9 Å². The average Bonchev–Trinajstić information content (AvgIpc) is 2.88. The first-order valence-corrected chi connectivity index (χ1v) is 14.1. The Morgan fingerprint density at radius 1 is 1.11 bits per heavy atom. The Kier molecular flexibility index (Phi) is 7.78. The van der Waals surface area contributed by atoms with Gasteiger partial charge in [-0.3, -0.25) is 0 Å². The molecule has 1 aliphatic heterocycles. The Bertz CT molecular complexity index is 1300. The van der Waals surface area contributed by atoms with E-state index in [9.17, 15) is 18.0 Å². The number of nitrogens with zero attached hydrogens (tertiary/aromatic N) is 1. The average molecular weight is 523 g/mol. The van der Waals surface area contributed by atoms with Crippen molar-refractivity contribution in [2.24, 2.45) is 0 Å². The Morgan fingerprint density at radius 3 is 2.43 bits per heavy atom. The molecule has 0 aromatic heterocycles. The molecular formula is C27H34BN3O5S. The van der Waals surface area contributed by atoms with E-state index >= 15 is 0 Å². The summed E-state index contributed by atoms with van der Waals surface area (Å²) in [5.74, 6) is 0.485. The zero-order valence-corrected chi connectivity index (χ0v) is 22.5. The van der Waals surface area contributed by atoms with Crippen LogP contribution in [0.1, 0.15) is 67.4 Å². The molecule has 0 bridgehead atoms. The van der Waals surface area contributed by atoms with E-state index in [1.807, 2.05) is 26.0 Å². The van der Waals surface area contributed by atoms with Crippen molar-refractivity contribution in [2.45, 2.75) is 68.7 Å². The number of hydrogen-bond acceptors (Lipinski definition) is 5. The van der Waals surface area contributed by atoms with Crippen LogP contribution in [-0.2, 0) is 21.9 Å². The number of carbonyl (C=O) groups is 2. The van der Waals surface area contributed by atoms with Crippen molar-refractivity contribution < 1.29 is 22.7 Å². The van der Waals surface area contributed by atoms with Gasteiger partial charge in [0.25, 0.3) is 0 Å². The van der Waals surface area contributed by atoms with Crippen molar-refractivity contribution in [2.75, 3.05) is 13.7 Å². The molecule has 1 saturated carbocycles. The van der Waals surface area contributed by atoms with E-state index in [-0.39, 0.29) is 16.8 Å². The zero-order valence-electron chi connectivity index (χ0n) is 21.7. The summed E-state index contributed by atoms with van der Waals surface area (Å²) in [6, 6.07) is 11.2. The third-order valence-electron chi connectivity index (χ3n) is 7.45. The van der Waals surface area contributed by atoms with E-state index in [1.165, 1.54) is 12.1 Å². The van der Waals surface area contributed by atoms with Gasteiger partial charge in [-0.25, -0.2) is 0 Å². The van der Waals surface area contributed by atoms with E-state index in [1.54, 1.807) is 30.2 Å². The fourth-order valence-corrected chi connectivity index (χ4v) is 6.00. The standard InChI is InChI=1S/C27H34BN3O5S/c1-27(2)23-14-11-20(36-3)17-22(23)24(32)31(25(27)28)16-15-18-9-12-21(13-10-18)37(34,35)30-26(33)29-19-7-5-4-6-8-19/h9-14,17,19,28H,4-8,15-16H2,1-3H3,(H2,29,30,33). The first-order chi connectivity index (χ1) is 17.5. The molecule has 0 spiro atoms. The van der Waals surface area contributed by atoms with Crippen LogP contribution in [0.4, 0.5) is 4.79 Å². The van der Waals surface area contributed by atoms with Crippen molar-refractivity contribution in [3.8, 4) is 5.75 Å². The first kappa shape index (κ1) is 26.9. The second kappa shape index (κ2) is 10.7. The van der Waals surface area contributed by atoms with Gasteiger partial charge < -0.3 is 0 Å². The van der Waals surface area contributed by atoms with E-state index < -0.39 is 21.5 Å². The molecule has 2 aromatic rings. The number of sulfonamides is 1. The van der Waals surface area contributed by atoms with Gasteiger partial charge in [0.05, 0.1) is 0 Å². The summed E-state index contributed by atoms with van der Waals surface area (Å²) in [6.45, 7) is 4.47. The predicted octanol–water partition coefficient (Wildman–Crippen LogP) is 3.02. The Hall–Kier alpha value is -3.14. The van der Waals surface area contributed by atoms with E-state index in [0.29, 0.717) is 29.9 Å². The van der Waals surface area contributed by atoms with Gasteiger partial charge in [0.15, 0.2) is 0 Å². The molecule has 2 N–H and O–H groups in total. The number of carbonyl (C=O) groups excluding carboxylic acids is 2. The molecule has 37 heavy (non-hydrogen) atoms. The number of nitrogens with one attached hydrogen (secondary N) is 2. The van der Waals surface area contributed by atoms with Gasteiger partial charge in [0.2, 0.25) is 0 Å². The first-order valence-electron chi connectivity index (χ1n) is 12.6. The quantitative estimate of drug-likeness (QED) is 0.543. The van der Waals surface area contributed by atoms with Crippen LogP contribution in [0, 0.1) is 0 Å². The van der Waals surface area contributed by atoms with E-state index in [2.05, 4.69) is 17.5 Å². The van der Waals surface area contributed by atoms with E-state index in [4.69, 9.17) is 4.74 Å². The van der Waals surface area contributed by atoms with Crippen LogP contribution in [0.5, 0.6) is 5.75 Å². The number of rotatable bonds is 7. The molecule has 1 fully saturated rings. The fraction of sp³-hybridized carbons (Fsp3) is 0.444. The fourth-order valence-electron chi connectivity index (χ4n) is 5.09. The van der Waals surface area contributed by atoms with Crippen molar-refractivity contribution in [1.29, 1.82) is 0 Å². The van der Waals surface area contributed by atoms with Crippen LogP contribution in [0.3, 0.4) is 0 Å². The third-order valence-corrected chi connectivity index (χ3v) is 8.79. The van der Waals surface area contributed by atoms with Crippen molar-refractivity contribution >= 4 is 35.0 Å². The van der Waals surface area contributed by atoms with Gasteiger partial charge >= 0.3 is 182 Å². The summed E-state index contributed by atoms with van der Waals surface area (Å²) in [5.41, 5.74) is 2.64. The molecule has 3 amide bonds. The molecule has 10 heteroatoms. The van der Waals surface area contributed by atoms with Gasteiger partial charge in [-0.2, -0.15) is 0 Å². The van der Waals surface area contributed by atoms with Crippen LogP contribution < -0.4 is 14.8 Å². The normalized spacial score (nSPS) is 17.7.